The number of aromatic nitrogens is 1. The molecule has 2 rings (SSSR count). The van der Waals surface area contributed by atoms with Crippen molar-refractivity contribution in [1.82, 2.24) is 10.3 Å². The molecule has 1 aromatic heterocycles. The molecule has 1 N–H and O–H groups in total. The monoisotopic (exact) mass is 288 g/mol. The Morgan fingerprint density at radius 3 is 2.81 bits per heavy atom. The maximum absolute atomic E-state index is 14.1. The Kier molecular flexibility index (Phi) is 5.28. The third-order valence-corrected chi connectivity index (χ3v) is 3.45. The third kappa shape index (κ3) is 3.79. The summed E-state index contributed by atoms with van der Waals surface area (Å²) in [6.07, 6.45) is 4.32. The Morgan fingerprint density at radius 1 is 1.29 bits per heavy atom. The van der Waals surface area contributed by atoms with Crippen LogP contribution in [0.2, 0.25) is 0 Å². The lowest BCUT2D eigenvalue weighted by Gasteiger charge is -2.15. The van der Waals surface area contributed by atoms with Crippen molar-refractivity contribution in [2.75, 3.05) is 13.7 Å². The lowest BCUT2D eigenvalue weighted by molar-refractivity contribution is 0.413. The molecule has 3 nitrogen and oxygen atoms in total. The van der Waals surface area contributed by atoms with Crippen molar-refractivity contribution in [3.63, 3.8) is 0 Å². The summed E-state index contributed by atoms with van der Waals surface area (Å²) in [5.74, 6) is 0.367. The molecule has 0 fully saturated rings. The van der Waals surface area contributed by atoms with Gasteiger partial charge in [0.05, 0.1) is 13.3 Å². The Bertz CT molecular complexity index is 601. The number of hydrogen-bond donors (Lipinski definition) is 1. The van der Waals surface area contributed by atoms with Gasteiger partial charge >= 0.3 is 0 Å². The number of hydrogen-bond acceptors (Lipinski definition) is 3. The summed E-state index contributed by atoms with van der Waals surface area (Å²) in [5.41, 5.74) is 2.32. The van der Waals surface area contributed by atoms with E-state index in [4.69, 9.17) is 4.74 Å². The molecule has 21 heavy (non-hydrogen) atoms. The van der Waals surface area contributed by atoms with Crippen LogP contribution in [0.15, 0.2) is 36.7 Å². The molecule has 112 valence electrons. The molecule has 0 bridgehead atoms. The minimum Gasteiger partial charge on any atom is -0.495 e. The van der Waals surface area contributed by atoms with Crippen LogP contribution in [-0.2, 0) is 0 Å². The Hall–Kier alpha value is -1.94. The number of pyridine rings is 1. The zero-order valence-electron chi connectivity index (χ0n) is 12.7. The van der Waals surface area contributed by atoms with Crippen molar-refractivity contribution in [2.24, 2.45) is 0 Å². The number of ether oxygens (including phenoxy) is 1. The highest BCUT2D eigenvalue weighted by molar-refractivity contribution is 5.65. The number of nitrogens with one attached hydrogen (secondary N) is 1. The summed E-state index contributed by atoms with van der Waals surface area (Å²) >= 11 is 0. The van der Waals surface area contributed by atoms with Crippen LogP contribution < -0.4 is 10.1 Å². The Balaban J connectivity index is 2.34. The van der Waals surface area contributed by atoms with Crippen LogP contribution in [0, 0.1) is 5.82 Å². The van der Waals surface area contributed by atoms with Crippen LogP contribution >= 0.6 is 0 Å². The zero-order valence-corrected chi connectivity index (χ0v) is 12.7. The second-order valence-electron chi connectivity index (χ2n) is 5.03. The van der Waals surface area contributed by atoms with Crippen molar-refractivity contribution < 1.29 is 9.13 Å². The Labute approximate surface area is 125 Å². The molecule has 2 aromatic rings. The van der Waals surface area contributed by atoms with Crippen LogP contribution in [0.3, 0.4) is 0 Å². The standard InChI is InChI=1S/C17H21FN2O/c1-4-7-20-12(2)13-5-6-17(18)16(9-13)14-8-15(21-3)11-19-10-14/h5-6,8-12,20H,4,7H2,1-3H3. The van der Waals surface area contributed by atoms with E-state index in [1.54, 1.807) is 25.6 Å². The molecular weight excluding hydrogens is 267 g/mol. The van der Waals surface area contributed by atoms with Gasteiger partial charge in [0, 0.05) is 23.4 Å². The van der Waals surface area contributed by atoms with Crippen LogP contribution in [0.4, 0.5) is 4.39 Å². The van der Waals surface area contributed by atoms with Gasteiger partial charge in [-0.2, -0.15) is 0 Å². The molecule has 0 amide bonds. The fourth-order valence-electron chi connectivity index (χ4n) is 2.19. The number of halogens is 1. The molecule has 4 heteroatoms. The first kappa shape index (κ1) is 15.4. The lowest BCUT2D eigenvalue weighted by atomic mass is 10.0. The molecule has 1 heterocycles. The molecule has 0 aliphatic rings. The van der Waals surface area contributed by atoms with E-state index in [1.165, 1.54) is 6.07 Å². The van der Waals surface area contributed by atoms with E-state index >= 15 is 0 Å². The molecule has 1 unspecified atom stereocenters. The van der Waals surface area contributed by atoms with E-state index in [-0.39, 0.29) is 11.9 Å². The van der Waals surface area contributed by atoms with Gasteiger partial charge in [0.2, 0.25) is 0 Å². The number of rotatable bonds is 6. The second kappa shape index (κ2) is 7.18. The van der Waals surface area contributed by atoms with Crippen molar-refractivity contribution >= 4 is 0 Å². The molecule has 0 aliphatic carbocycles. The largest absolute Gasteiger partial charge is 0.495 e. The Morgan fingerprint density at radius 2 is 2.10 bits per heavy atom. The van der Waals surface area contributed by atoms with E-state index in [9.17, 15) is 4.39 Å². The SMILES string of the molecule is CCCNC(C)c1ccc(F)c(-c2cncc(OC)c2)c1. The summed E-state index contributed by atoms with van der Waals surface area (Å²) in [7, 11) is 1.57. The average molecular weight is 288 g/mol. The van der Waals surface area contributed by atoms with Gasteiger partial charge < -0.3 is 10.1 Å². The van der Waals surface area contributed by atoms with Gasteiger partial charge in [-0.25, -0.2) is 4.39 Å². The predicted molar refractivity (Wildman–Crippen MR) is 82.9 cm³/mol. The molecule has 0 spiro atoms. The predicted octanol–water partition coefficient (Wildman–Crippen LogP) is 3.96. The fourth-order valence-corrected chi connectivity index (χ4v) is 2.19. The van der Waals surface area contributed by atoms with E-state index in [1.807, 2.05) is 12.1 Å². The molecule has 0 saturated carbocycles. The minimum absolute atomic E-state index is 0.183. The third-order valence-electron chi connectivity index (χ3n) is 3.45. The molecule has 0 aliphatic heterocycles. The highest BCUT2D eigenvalue weighted by Crippen LogP contribution is 2.28. The average Bonchev–Trinajstić information content (AvgIpc) is 2.53. The van der Waals surface area contributed by atoms with Gasteiger partial charge in [-0.15, -0.1) is 0 Å². The summed E-state index contributed by atoms with van der Waals surface area (Å²) in [6.45, 7) is 5.14. The van der Waals surface area contributed by atoms with E-state index in [0.717, 1.165) is 24.1 Å². The molecular formula is C17H21FN2O. The van der Waals surface area contributed by atoms with Crippen molar-refractivity contribution in [3.8, 4) is 16.9 Å². The first-order valence-corrected chi connectivity index (χ1v) is 7.18. The second-order valence-corrected chi connectivity index (χ2v) is 5.03. The highest BCUT2D eigenvalue weighted by Gasteiger charge is 2.11. The van der Waals surface area contributed by atoms with Gasteiger partial charge in [-0.05, 0) is 43.7 Å². The topological polar surface area (TPSA) is 34.2 Å². The van der Waals surface area contributed by atoms with E-state index < -0.39 is 0 Å². The van der Waals surface area contributed by atoms with Crippen molar-refractivity contribution in [3.05, 3.63) is 48.0 Å². The molecule has 1 aromatic carbocycles. The zero-order chi connectivity index (χ0) is 15.2. The van der Waals surface area contributed by atoms with Crippen LogP contribution in [-0.4, -0.2) is 18.6 Å². The van der Waals surface area contributed by atoms with Crippen molar-refractivity contribution in [2.45, 2.75) is 26.3 Å². The van der Waals surface area contributed by atoms with Crippen molar-refractivity contribution in [1.29, 1.82) is 0 Å². The van der Waals surface area contributed by atoms with E-state index in [2.05, 4.69) is 24.1 Å². The number of benzene rings is 1. The van der Waals surface area contributed by atoms with E-state index in [0.29, 0.717) is 11.3 Å². The number of nitrogens with zero attached hydrogens (tertiary/aromatic N) is 1. The lowest BCUT2D eigenvalue weighted by Crippen LogP contribution is -2.19. The maximum atomic E-state index is 14.1. The molecule has 0 radical (unpaired) electrons. The molecule has 0 saturated heterocycles. The number of methoxy groups -OCH3 is 1. The summed E-state index contributed by atoms with van der Waals surface area (Å²) in [4.78, 5) is 4.09. The summed E-state index contributed by atoms with van der Waals surface area (Å²) in [5, 5.41) is 3.41. The first-order chi connectivity index (χ1) is 10.2. The van der Waals surface area contributed by atoms with Crippen LogP contribution in [0.25, 0.3) is 11.1 Å². The summed E-state index contributed by atoms with van der Waals surface area (Å²) in [6, 6.07) is 7.18. The van der Waals surface area contributed by atoms with Gasteiger partial charge in [0.1, 0.15) is 11.6 Å². The molecule has 1 atom stereocenters. The fraction of sp³-hybridized carbons (Fsp3) is 0.353. The first-order valence-electron chi connectivity index (χ1n) is 7.18. The normalized spacial score (nSPS) is 12.2. The minimum atomic E-state index is -0.253. The van der Waals surface area contributed by atoms with Crippen LogP contribution in [0.1, 0.15) is 31.9 Å². The summed E-state index contributed by atoms with van der Waals surface area (Å²) < 4.78 is 19.3. The maximum Gasteiger partial charge on any atom is 0.137 e. The van der Waals surface area contributed by atoms with Gasteiger partial charge in [-0.1, -0.05) is 13.0 Å². The highest BCUT2D eigenvalue weighted by atomic mass is 19.1. The van der Waals surface area contributed by atoms with Gasteiger partial charge in [0.25, 0.3) is 0 Å². The van der Waals surface area contributed by atoms with Gasteiger partial charge in [-0.3, -0.25) is 4.98 Å². The van der Waals surface area contributed by atoms with Gasteiger partial charge in [0.15, 0.2) is 0 Å². The van der Waals surface area contributed by atoms with Crippen LogP contribution in [0.5, 0.6) is 5.75 Å². The quantitative estimate of drug-likeness (QED) is 0.873. The smallest absolute Gasteiger partial charge is 0.137 e.